The van der Waals surface area contributed by atoms with Crippen molar-refractivity contribution in [2.75, 3.05) is 11.6 Å². The first-order valence-corrected chi connectivity index (χ1v) is 11.2. The lowest BCUT2D eigenvalue weighted by molar-refractivity contribution is -0.140. The molecule has 1 aromatic heterocycles. The van der Waals surface area contributed by atoms with E-state index in [1.807, 2.05) is 48.7 Å². The summed E-state index contributed by atoms with van der Waals surface area (Å²) >= 11 is 1.59. The number of aromatic nitrogens is 2. The predicted octanol–water partition coefficient (Wildman–Crippen LogP) is 6.33. The SMILES string of the molecule is CSc1ccc(Nc2ncc(C(F)(F)F)c(O[C@H](C)[C@@H](C)OCc3ccccc3)n2)cc1. The number of nitrogens with one attached hydrogen (secondary N) is 1. The third-order valence-corrected chi connectivity index (χ3v) is 5.46. The number of hydrogen-bond donors (Lipinski definition) is 1. The Morgan fingerprint density at radius 3 is 2.31 bits per heavy atom. The van der Waals surface area contributed by atoms with Gasteiger partial charge in [-0.1, -0.05) is 30.3 Å². The lowest BCUT2D eigenvalue weighted by atomic mass is 10.2. The van der Waals surface area contributed by atoms with Gasteiger partial charge >= 0.3 is 6.18 Å². The molecule has 0 bridgehead atoms. The van der Waals surface area contributed by atoms with Gasteiger partial charge < -0.3 is 14.8 Å². The van der Waals surface area contributed by atoms with Crippen molar-refractivity contribution in [3.05, 3.63) is 71.9 Å². The Labute approximate surface area is 189 Å². The highest BCUT2D eigenvalue weighted by atomic mass is 32.2. The fourth-order valence-corrected chi connectivity index (χ4v) is 3.13. The maximum absolute atomic E-state index is 13.5. The molecule has 3 aromatic rings. The minimum Gasteiger partial charge on any atom is -0.471 e. The molecule has 0 spiro atoms. The highest BCUT2D eigenvalue weighted by Gasteiger charge is 2.37. The largest absolute Gasteiger partial charge is 0.471 e. The van der Waals surface area contributed by atoms with Gasteiger partial charge in [-0.15, -0.1) is 11.8 Å². The molecule has 3 rings (SSSR count). The van der Waals surface area contributed by atoms with Gasteiger partial charge in [-0.3, -0.25) is 0 Å². The second-order valence-electron chi connectivity index (χ2n) is 7.09. The van der Waals surface area contributed by atoms with Gasteiger partial charge in [0, 0.05) is 16.8 Å². The summed E-state index contributed by atoms with van der Waals surface area (Å²) in [5.74, 6) is -0.534. The normalized spacial score (nSPS) is 13.4. The number of halogens is 3. The molecule has 0 radical (unpaired) electrons. The zero-order valence-electron chi connectivity index (χ0n) is 17.9. The van der Waals surface area contributed by atoms with Crippen LogP contribution in [-0.2, 0) is 17.5 Å². The average molecular weight is 464 g/mol. The second-order valence-corrected chi connectivity index (χ2v) is 7.97. The third kappa shape index (κ3) is 6.61. The molecule has 0 saturated carbocycles. The van der Waals surface area contributed by atoms with Crippen LogP contribution in [0.1, 0.15) is 25.0 Å². The molecule has 0 aliphatic heterocycles. The van der Waals surface area contributed by atoms with Gasteiger partial charge in [0.15, 0.2) is 0 Å². The summed E-state index contributed by atoms with van der Waals surface area (Å²) in [5.41, 5.74) is 0.576. The average Bonchev–Trinajstić information content (AvgIpc) is 2.78. The number of benzene rings is 2. The van der Waals surface area contributed by atoms with Gasteiger partial charge in [0.2, 0.25) is 11.8 Å². The van der Waals surface area contributed by atoms with E-state index in [0.717, 1.165) is 16.7 Å². The van der Waals surface area contributed by atoms with E-state index in [-0.39, 0.29) is 5.95 Å². The van der Waals surface area contributed by atoms with Crippen LogP contribution in [0.15, 0.2) is 65.7 Å². The zero-order valence-corrected chi connectivity index (χ0v) is 18.7. The number of ether oxygens (including phenoxy) is 2. The van der Waals surface area contributed by atoms with Crippen molar-refractivity contribution in [2.24, 2.45) is 0 Å². The molecule has 1 heterocycles. The number of rotatable bonds is 9. The molecule has 0 aliphatic carbocycles. The Kier molecular flexibility index (Phi) is 7.98. The minimum atomic E-state index is -4.65. The van der Waals surface area contributed by atoms with Crippen LogP contribution in [0, 0.1) is 0 Å². The number of alkyl halides is 3. The van der Waals surface area contributed by atoms with E-state index in [2.05, 4.69) is 15.3 Å². The summed E-state index contributed by atoms with van der Waals surface area (Å²) in [6.07, 6.45) is -3.12. The molecule has 32 heavy (non-hydrogen) atoms. The Hall–Kier alpha value is -2.78. The first-order valence-electron chi connectivity index (χ1n) is 9.93. The van der Waals surface area contributed by atoms with Gasteiger partial charge in [0.25, 0.3) is 0 Å². The summed E-state index contributed by atoms with van der Waals surface area (Å²) < 4.78 is 51.9. The lowest BCUT2D eigenvalue weighted by Crippen LogP contribution is -2.30. The molecule has 2 aromatic carbocycles. The van der Waals surface area contributed by atoms with Gasteiger partial charge in [-0.05, 0) is 49.9 Å². The maximum Gasteiger partial charge on any atom is 0.423 e. The molecule has 0 amide bonds. The van der Waals surface area contributed by atoms with E-state index < -0.39 is 29.8 Å². The van der Waals surface area contributed by atoms with Crippen LogP contribution < -0.4 is 10.1 Å². The van der Waals surface area contributed by atoms with Gasteiger partial charge in [0.1, 0.15) is 11.7 Å². The predicted molar refractivity (Wildman–Crippen MR) is 119 cm³/mol. The van der Waals surface area contributed by atoms with E-state index in [0.29, 0.717) is 12.3 Å². The molecular formula is C23H24F3N3O2S. The first-order chi connectivity index (χ1) is 15.3. The van der Waals surface area contributed by atoms with Crippen LogP contribution in [0.3, 0.4) is 0 Å². The molecule has 1 N–H and O–H groups in total. The van der Waals surface area contributed by atoms with E-state index in [1.54, 1.807) is 37.7 Å². The van der Waals surface area contributed by atoms with Crippen LogP contribution in [0.5, 0.6) is 5.88 Å². The fraction of sp³-hybridized carbons (Fsp3) is 0.304. The van der Waals surface area contributed by atoms with Crippen molar-refractivity contribution in [1.82, 2.24) is 9.97 Å². The molecule has 0 aliphatic rings. The number of anilines is 2. The topological polar surface area (TPSA) is 56.3 Å². The van der Waals surface area contributed by atoms with Crippen LogP contribution in [0.4, 0.5) is 24.8 Å². The second kappa shape index (κ2) is 10.7. The number of thioether (sulfide) groups is 1. The van der Waals surface area contributed by atoms with Crippen molar-refractivity contribution < 1.29 is 22.6 Å². The summed E-state index contributed by atoms with van der Waals surface area (Å²) in [4.78, 5) is 8.87. The van der Waals surface area contributed by atoms with E-state index >= 15 is 0 Å². The molecule has 5 nitrogen and oxygen atoms in total. The molecule has 0 unspecified atom stereocenters. The smallest absolute Gasteiger partial charge is 0.423 e. The Balaban J connectivity index is 1.73. The van der Waals surface area contributed by atoms with Crippen LogP contribution in [0.25, 0.3) is 0 Å². The molecule has 0 saturated heterocycles. The summed E-state index contributed by atoms with van der Waals surface area (Å²) in [6.45, 7) is 3.71. The maximum atomic E-state index is 13.5. The number of nitrogens with zero attached hydrogens (tertiary/aromatic N) is 2. The third-order valence-electron chi connectivity index (χ3n) is 4.72. The number of hydrogen-bond acceptors (Lipinski definition) is 6. The molecule has 2 atom stereocenters. The molecular weight excluding hydrogens is 439 g/mol. The quantitative estimate of drug-likeness (QED) is 0.374. The highest BCUT2D eigenvalue weighted by molar-refractivity contribution is 7.98. The van der Waals surface area contributed by atoms with Crippen molar-refractivity contribution >= 4 is 23.4 Å². The highest BCUT2D eigenvalue weighted by Crippen LogP contribution is 2.36. The molecule has 170 valence electrons. The molecule has 9 heteroatoms. The van der Waals surface area contributed by atoms with Crippen molar-refractivity contribution in [2.45, 2.75) is 43.7 Å². The minimum absolute atomic E-state index is 0.00922. The Bertz CT molecular complexity index is 1000. The molecule has 0 fully saturated rings. The first kappa shape index (κ1) is 23.9. The monoisotopic (exact) mass is 463 g/mol. The van der Waals surface area contributed by atoms with E-state index in [9.17, 15) is 13.2 Å². The van der Waals surface area contributed by atoms with Gasteiger partial charge in [-0.2, -0.15) is 18.2 Å². The van der Waals surface area contributed by atoms with Crippen LogP contribution in [-0.4, -0.2) is 28.4 Å². The standard InChI is InChI=1S/C23H24F3N3O2S/c1-15(30-14-17-7-5-4-6-8-17)16(2)31-21-20(23(24,25)26)13-27-22(29-21)28-18-9-11-19(32-3)12-10-18/h4-13,15-16H,14H2,1-3H3,(H,27,28,29)/t15-,16-/m1/s1. The zero-order chi connectivity index (χ0) is 23.1. The van der Waals surface area contributed by atoms with Crippen molar-refractivity contribution in [3.8, 4) is 5.88 Å². The van der Waals surface area contributed by atoms with Gasteiger partial charge in [-0.25, -0.2) is 4.98 Å². The summed E-state index contributed by atoms with van der Waals surface area (Å²) in [5, 5.41) is 2.91. The van der Waals surface area contributed by atoms with Crippen molar-refractivity contribution in [1.29, 1.82) is 0 Å². The lowest BCUT2D eigenvalue weighted by Gasteiger charge is -2.23. The van der Waals surface area contributed by atoms with Crippen molar-refractivity contribution in [3.63, 3.8) is 0 Å². The fourth-order valence-electron chi connectivity index (χ4n) is 2.72. The summed E-state index contributed by atoms with van der Waals surface area (Å²) in [7, 11) is 0. The Morgan fingerprint density at radius 2 is 1.69 bits per heavy atom. The van der Waals surface area contributed by atoms with Crippen LogP contribution >= 0.6 is 11.8 Å². The van der Waals surface area contributed by atoms with E-state index in [1.165, 1.54) is 0 Å². The van der Waals surface area contributed by atoms with Gasteiger partial charge in [0.05, 0.1) is 12.7 Å². The van der Waals surface area contributed by atoms with E-state index in [4.69, 9.17) is 9.47 Å². The Morgan fingerprint density at radius 1 is 1.00 bits per heavy atom. The van der Waals surface area contributed by atoms with Crippen LogP contribution in [0.2, 0.25) is 0 Å². The summed E-state index contributed by atoms with van der Waals surface area (Å²) in [6, 6.07) is 16.9.